The van der Waals surface area contributed by atoms with Gasteiger partial charge in [0.25, 0.3) is 0 Å². The number of aryl methyl sites for hydroxylation is 1. The molecule has 2 heterocycles. The highest BCUT2D eigenvalue weighted by atomic mass is 32.2. The number of hydrogen-bond donors (Lipinski definition) is 0. The summed E-state index contributed by atoms with van der Waals surface area (Å²) in [6.07, 6.45) is 3.43. The number of alkyl halides is 3. The first-order chi connectivity index (χ1) is 12.6. The zero-order valence-corrected chi connectivity index (χ0v) is 17.0. The monoisotopic (exact) mass is 417 g/mol. The summed E-state index contributed by atoms with van der Waals surface area (Å²) in [5.74, 6) is 0.900. The first-order valence-electron chi connectivity index (χ1n) is 8.45. The molecule has 27 heavy (non-hydrogen) atoms. The summed E-state index contributed by atoms with van der Waals surface area (Å²) in [4.78, 5) is 0. The van der Waals surface area contributed by atoms with Gasteiger partial charge >= 0.3 is 11.4 Å². The molecule has 0 amide bonds. The zero-order valence-electron chi connectivity index (χ0n) is 15.2. The minimum atomic E-state index is -5.08. The van der Waals surface area contributed by atoms with Crippen LogP contribution in [-0.2, 0) is 24.7 Å². The first kappa shape index (κ1) is 21.6. The van der Waals surface area contributed by atoms with Gasteiger partial charge in [-0.15, -0.1) is 0 Å². The lowest BCUT2D eigenvalue weighted by Gasteiger charge is -2.36. The van der Waals surface area contributed by atoms with Gasteiger partial charge in [-0.25, -0.2) is 0 Å². The van der Waals surface area contributed by atoms with Crippen LogP contribution in [0, 0.1) is 0 Å². The van der Waals surface area contributed by atoms with Gasteiger partial charge in [0.15, 0.2) is 6.20 Å². The van der Waals surface area contributed by atoms with Crippen LogP contribution in [0.3, 0.4) is 0 Å². The minimum Gasteiger partial charge on any atom is -0.766 e. The number of ether oxygens (including phenoxy) is 1. The molecule has 1 aliphatic rings. The summed E-state index contributed by atoms with van der Waals surface area (Å²) >= 11 is -3.93. The van der Waals surface area contributed by atoms with Gasteiger partial charge in [0.1, 0.15) is 13.7 Å². The second-order valence-corrected chi connectivity index (χ2v) is 12.4. The van der Waals surface area contributed by atoms with Gasteiger partial charge in [-0.05, 0) is 11.6 Å². The van der Waals surface area contributed by atoms with Crippen molar-refractivity contribution in [2.75, 3.05) is 0 Å². The van der Waals surface area contributed by atoms with Crippen LogP contribution in [0.2, 0.25) is 18.6 Å². The molecular formula is C18H22F3NO3SSi. The Bertz CT molecular complexity index is 780. The average Bonchev–Trinajstić information content (AvgIpc) is 2.59. The van der Waals surface area contributed by atoms with Crippen LogP contribution in [-0.4, -0.2) is 22.3 Å². The lowest BCUT2D eigenvalue weighted by molar-refractivity contribution is -0.677. The molecule has 3 rings (SSSR count). The van der Waals surface area contributed by atoms with Crippen LogP contribution in [0.1, 0.15) is 12.0 Å². The summed E-state index contributed by atoms with van der Waals surface area (Å²) in [7, 11) is 0.965. The van der Waals surface area contributed by atoms with E-state index in [1.807, 2.05) is 36.0 Å². The summed E-state index contributed by atoms with van der Waals surface area (Å²) in [6, 6.07) is 18.0. The number of benzene rings is 1. The number of pyridine rings is 1. The number of halogens is 3. The van der Waals surface area contributed by atoms with Crippen LogP contribution in [0.5, 0.6) is 5.88 Å². The lowest BCUT2D eigenvalue weighted by atomic mass is 10.2. The highest BCUT2D eigenvalue weighted by Gasteiger charge is 2.35. The highest BCUT2D eigenvalue weighted by Crippen LogP contribution is 2.31. The van der Waals surface area contributed by atoms with Gasteiger partial charge < -0.3 is 9.29 Å². The smallest absolute Gasteiger partial charge is 0.458 e. The van der Waals surface area contributed by atoms with Gasteiger partial charge in [-0.2, -0.15) is 17.7 Å². The standard InChI is InChI=1S/C17H22NOSi.CHF3O2S/c1-18-11-4-3-6-17(18)19-14-15-7-9-16(10-8-15)20(2)12-5-13-20;2-1(3,4)7(5)6/h3-4,6-11H,5,12-14H2,1-2H3;(H,5,6)/q+1;/p-1. The van der Waals surface area contributed by atoms with Crippen molar-refractivity contribution in [2.24, 2.45) is 7.05 Å². The highest BCUT2D eigenvalue weighted by molar-refractivity contribution is 7.80. The maximum atomic E-state index is 10.6. The van der Waals surface area contributed by atoms with Crippen molar-refractivity contribution in [3.63, 3.8) is 0 Å². The number of hydrogen-bond acceptors (Lipinski definition) is 3. The number of aromatic nitrogens is 1. The molecule has 0 radical (unpaired) electrons. The Morgan fingerprint density at radius 1 is 1.19 bits per heavy atom. The van der Waals surface area contributed by atoms with Gasteiger partial charge in [0, 0.05) is 6.07 Å². The molecule has 1 unspecified atom stereocenters. The van der Waals surface area contributed by atoms with Crippen molar-refractivity contribution in [3.05, 3.63) is 54.2 Å². The molecule has 4 nitrogen and oxygen atoms in total. The number of nitrogens with zero attached hydrogens (tertiary/aromatic N) is 1. The Hall–Kier alpha value is -1.71. The van der Waals surface area contributed by atoms with E-state index in [2.05, 4.69) is 30.8 Å². The van der Waals surface area contributed by atoms with Crippen LogP contribution in [0.25, 0.3) is 0 Å². The molecule has 0 spiro atoms. The molecule has 0 aliphatic carbocycles. The Morgan fingerprint density at radius 2 is 1.78 bits per heavy atom. The Balaban J connectivity index is 0.000000321. The fourth-order valence-corrected chi connectivity index (χ4v) is 5.78. The molecule has 1 aromatic carbocycles. The fraction of sp³-hybridized carbons (Fsp3) is 0.389. The predicted octanol–water partition coefficient (Wildman–Crippen LogP) is 3.16. The van der Waals surface area contributed by atoms with E-state index < -0.39 is 24.7 Å². The minimum absolute atomic E-state index is 0.635. The third-order valence-electron chi connectivity index (χ3n) is 4.69. The lowest BCUT2D eigenvalue weighted by Crippen LogP contribution is -2.50. The third kappa shape index (κ3) is 6.15. The quantitative estimate of drug-likeness (QED) is 0.436. The topological polar surface area (TPSA) is 53.2 Å². The van der Waals surface area contributed by atoms with E-state index in [0.29, 0.717) is 6.61 Å². The molecule has 1 aliphatic heterocycles. The van der Waals surface area contributed by atoms with E-state index in [9.17, 15) is 13.2 Å². The molecule has 148 valence electrons. The second-order valence-electron chi connectivity index (χ2n) is 6.73. The Morgan fingerprint density at radius 3 is 2.22 bits per heavy atom. The molecule has 0 N–H and O–H groups in total. The first-order valence-corrected chi connectivity index (χ1v) is 12.4. The van der Waals surface area contributed by atoms with Gasteiger partial charge in [-0.3, -0.25) is 4.21 Å². The zero-order chi connectivity index (χ0) is 20.1. The predicted molar refractivity (Wildman–Crippen MR) is 98.8 cm³/mol. The van der Waals surface area contributed by atoms with E-state index >= 15 is 0 Å². The van der Waals surface area contributed by atoms with E-state index in [1.54, 1.807) is 5.19 Å². The molecule has 1 fully saturated rings. The Labute approximate surface area is 160 Å². The maximum absolute atomic E-state index is 10.6. The van der Waals surface area contributed by atoms with E-state index in [1.165, 1.54) is 24.1 Å². The van der Waals surface area contributed by atoms with E-state index in [-0.39, 0.29) is 0 Å². The van der Waals surface area contributed by atoms with Crippen LogP contribution < -0.4 is 14.5 Å². The Kier molecular flexibility index (Phi) is 7.18. The third-order valence-corrected chi connectivity index (χ3v) is 9.71. The summed E-state index contributed by atoms with van der Waals surface area (Å²) in [6.45, 7) is 3.14. The van der Waals surface area contributed by atoms with E-state index in [0.717, 1.165) is 5.88 Å². The molecule has 1 saturated heterocycles. The summed E-state index contributed by atoms with van der Waals surface area (Å²) in [5, 5.41) is 1.61. The van der Waals surface area contributed by atoms with E-state index in [4.69, 9.17) is 13.5 Å². The molecule has 0 bridgehead atoms. The van der Waals surface area contributed by atoms with Gasteiger partial charge in [0.05, 0.1) is 25.2 Å². The fourth-order valence-electron chi connectivity index (χ4n) is 2.81. The van der Waals surface area contributed by atoms with Gasteiger partial charge in [-0.1, -0.05) is 54.5 Å². The van der Waals surface area contributed by atoms with Crippen molar-refractivity contribution in [1.82, 2.24) is 0 Å². The van der Waals surface area contributed by atoms with Crippen LogP contribution >= 0.6 is 0 Å². The van der Waals surface area contributed by atoms with Crippen molar-refractivity contribution >= 4 is 24.3 Å². The largest absolute Gasteiger partial charge is 0.766 e. The molecular weight excluding hydrogens is 395 g/mol. The van der Waals surface area contributed by atoms with Crippen molar-refractivity contribution in [3.8, 4) is 5.88 Å². The average molecular weight is 418 g/mol. The summed E-state index contributed by atoms with van der Waals surface area (Å²) < 4.78 is 57.3. The van der Waals surface area contributed by atoms with Crippen molar-refractivity contribution < 1.29 is 31.2 Å². The second kappa shape index (κ2) is 8.98. The van der Waals surface area contributed by atoms with Crippen LogP contribution in [0.15, 0.2) is 48.7 Å². The van der Waals surface area contributed by atoms with Crippen molar-refractivity contribution in [1.29, 1.82) is 0 Å². The van der Waals surface area contributed by atoms with Crippen LogP contribution in [0.4, 0.5) is 13.2 Å². The SMILES string of the molecule is C[n+]1ccccc1OCc1ccc([Si]2(C)CCC2)cc1.O=S([O-])C(F)(F)F. The van der Waals surface area contributed by atoms with Gasteiger partial charge in [0.2, 0.25) is 0 Å². The molecule has 0 saturated carbocycles. The maximum Gasteiger partial charge on any atom is 0.458 e. The summed E-state index contributed by atoms with van der Waals surface area (Å²) in [5.41, 5.74) is -3.84. The molecule has 1 aromatic heterocycles. The normalized spacial score (nSPS) is 16.5. The molecule has 2 aromatic rings. The molecule has 1 atom stereocenters. The van der Waals surface area contributed by atoms with Crippen molar-refractivity contribution in [2.45, 2.75) is 37.2 Å². The molecule has 9 heteroatoms. The number of rotatable bonds is 4.